The van der Waals surface area contributed by atoms with E-state index in [9.17, 15) is 9.59 Å². The number of anilines is 1. The van der Waals surface area contributed by atoms with Gasteiger partial charge in [0.1, 0.15) is 9.39 Å². The molecule has 0 unspecified atom stereocenters. The minimum Gasteiger partial charge on any atom is -0.354 e. The average molecular weight is 334 g/mol. The number of amides is 1. The number of halogens is 1. The highest BCUT2D eigenvalue weighted by molar-refractivity contribution is 14.1. The van der Waals surface area contributed by atoms with Gasteiger partial charge in [-0.2, -0.15) is 0 Å². The van der Waals surface area contributed by atoms with E-state index in [-0.39, 0.29) is 18.0 Å². The minimum atomic E-state index is -0.171. The normalized spacial score (nSPS) is 16.8. The maximum Gasteiger partial charge on any atom is 0.266 e. The summed E-state index contributed by atoms with van der Waals surface area (Å²) in [5.41, 5.74) is -0.171. The van der Waals surface area contributed by atoms with E-state index in [0.717, 1.165) is 13.0 Å². The number of hydrogen-bond acceptors (Lipinski definition) is 4. The Morgan fingerprint density at radius 3 is 3.06 bits per heavy atom. The van der Waals surface area contributed by atoms with Crippen LogP contribution < -0.4 is 15.8 Å². The van der Waals surface area contributed by atoms with E-state index in [2.05, 4.69) is 15.3 Å². The second-order valence-corrected chi connectivity index (χ2v) is 4.57. The molecule has 0 radical (unpaired) electrons. The van der Waals surface area contributed by atoms with Gasteiger partial charge in [-0.15, -0.1) is 0 Å². The van der Waals surface area contributed by atoms with Crippen LogP contribution in [0.3, 0.4) is 0 Å². The Bertz CT molecular complexity index is 459. The summed E-state index contributed by atoms with van der Waals surface area (Å²) in [6, 6.07) is 0. The van der Waals surface area contributed by atoms with Gasteiger partial charge in [0.2, 0.25) is 5.91 Å². The van der Waals surface area contributed by atoms with Crippen molar-refractivity contribution in [3.63, 3.8) is 0 Å². The SMILES string of the molecule is O=C1CN(c2nc[nH]c(=O)c2I)CCCN1. The Labute approximate surface area is 106 Å². The van der Waals surface area contributed by atoms with Crippen LogP contribution in [0.1, 0.15) is 6.42 Å². The standard InChI is InChI=1S/C9H11IN4O2/c10-7-8(12-5-13-9(7)16)14-3-1-2-11-6(15)4-14/h5H,1-4H2,(H,11,15)(H,12,13,16). The first-order chi connectivity index (χ1) is 7.68. The molecule has 1 aromatic rings. The topological polar surface area (TPSA) is 78.1 Å². The molecular weight excluding hydrogens is 323 g/mol. The van der Waals surface area contributed by atoms with Crippen molar-refractivity contribution in [3.05, 3.63) is 20.3 Å². The zero-order valence-corrected chi connectivity index (χ0v) is 10.7. The van der Waals surface area contributed by atoms with Crippen LogP contribution >= 0.6 is 22.6 Å². The first-order valence-electron chi connectivity index (χ1n) is 4.93. The van der Waals surface area contributed by atoms with Crippen molar-refractivity contribution in [2.24, 2.45) is 0 Å². The lowest BCUT2D eigenvalue weighted by molar-refractivity contribution is -0.119. The van der Waals surface area contributed by atoms with E-state index < -0.39 is 0 Å². The summed E-state index contributed by atoms with van der Waals surface area (Å²) < 4.78 is 0.523. The van der Waals surface area contributed by atoms with Gasteiger partial charge in [0.05, 0.1) is 12.9 Å². The molecule has 0 saturated carbocycles. The van der Waals surface area contributed by atoms with Gasteiger partial charge in [0.15, 0.2) is 0 Å². The lowest BCUT2D eigenvalue weighted by Gasteiger charge is -2.20. The molecular formula is C9H11IN4O2. The average Bonchev–Trinajstić information content (AvgIpc) is 2.47. The molecule has 7 heteroatoms. The summed E-state index contributed by atoms with van der Waals surface area (Å²) in [6.45, 7) is 1.66. The van der Waals surface area contributed by atoms with Crippen LogP contribution in [0.5, 0.6) is 0 Å². The molecule has 2 heterocycles. The van der Waals surface area contributed by atoms with Gasteiger partial charge >= 0.3 is 0 Å². The molecule has 1 saturated heterocycles. The number of carbonyl (C=O) groups excluding carboxylic acids is 1. The van der Waals surface area contributed by atoms with Gasteiger partial charge in [-0.1, -0.05) is 0 Å². The molecule has 86 valence electrons. The monoisotopic (exact) mass is 334 g/mol. The highest BCUT2D eigenvalue weighted by Gasteiger charge is 2.19. The molecule has 2 rings (SSSR count). The second-order valence-electron chi connectivity index (χ2n) is 3.49. The molecule has 16 heavy (non-hydrogen) atoms. The van der Waals surface area contributed by atoms with E-state index >= 15 is 0 Å². The molecule has 0 aromatic carbocycles. The van der Waals surface area contributed by atoms with Crippen LogP contribution in [0.25, 0.3) is 0 Å². The quantitative estimate of drug-likeness (QED) is 0.692. The van der Waals surface area contributed by atoms with Crippen molar-refractivity contribution < 1.29 is 4.79 Å². The van der Waals surface area contributed by atoms with Crippen LogP contribution in [0.4, 0.5) is 5.82 Å². The van der Waals surface area contributed by atoms with E-state index in [0.29, 0.717) is 15.9 Å². The molecule has 1 aliphatic heterocycles. The van der Waals surface area contributed by atoms with E-state index in [4.69, 9.17) is 0 Å². The van der Waals surface area contributed by atoms with Crippen LogP contribution in [0.2, 0.25) is 0 Å². The lowest BCUT2D eigenvalue weighted by Crippen LogP contribution is -2.35. The highest BCUT2D eigenvalue weighted by atomic mass is 127. The van der Waals surface area contributed by atoms with Crippen LogP contribution in [-0.4, -0.2) is 35.5 Å². The Hall–Kier alpha value is -1.12. The van der Waals surface area contributed by atoms with E-state index in [1.165, 1.54) is 6.33 Å². The van der Waals surface area contributed by atoms with E-state index in [1.54, 1.807) is 0 Å². The van der Waals surface area contributed by atoms with Crippen molar-refractivity contribution in [2.75, 3.05) is 24.5 Å². The van der Waals surface area contributed by atoms with Crippen molar-refractivity contribution in [1.29, 1.82) is 0 Å². The summed E-state index contributed by atoms with van der Waals surface area (Å²) in [6.07, 6.45) is 2.22. The zero-order valence-electron chi connectivity index (χ0n) is 8.49. The zero-order chi connectivity index (χ0) is 11.5. The van der Waals surface area contributed by atoms with Gasteiger partial charge in [-0.05, 0) is 29.0 Å². The minimum absolute atomic E-state index is 0.0321. The van der Waals surface area contributed by atoms with Gasteiger partial charge in [0.25, 0.3) is 5.56 Å². The molecule has 1 fully saturated rings. The van der Waals surface area contributed by atoms with Crippen molar-refractivity contribution in [3.8, 4) is 0 Å². The Kier molecular flexibility index (Phi) is 3.42. The van der Waals surface area contributed by atoms with Crippen molar-refractivity contribution in [2.45, 2.75) is 6.42 Å². The molecule has 2 N–H and O–H groups in total. The number of hydrogen-bond donors (Lipinski definition) is 2. The van der Waals surface area contributed by atoms with Gasteiger partial charge in [-0.3, -0.25) is 9.59 Å². The third-order valence-electron chi connectivity index (χ3n) is 2.34. The highest BCUT2D eigenvalue weighted by Crippen LogP contribution is 2.16. The summed E-state index contributed by atoms with van der Waals surface area (Å²) in [5, 5.41) is 2.78. The Morgan fingerprint density at radius 2 is 2.25 bits per heavy atom. The number of rotatable bonds is 1. The predicted octanol–water partition coefficient (Wildman–Crippen LogP) is -0.299. The number of carbonyl (C=O) groups is 1. The second kappa shape index (κ2) is 4.81. The predicted molar refractivity (Wildman–Crippen MR) is 67.4 cm³/mol. The summed E-state index contributed by atoms with van der Waals surface area (Å²) >= 11 is 1.95. The van der Waals surface area contributed by atoms with E-state index in [1.807, 2.05) is 27.5 Å². The number of nitrogens with zero attached hydrogens (tertiary/aromatic N) is 2. The molecule has 0 bridgehead atoms. The summed E-state index contributed by atoms with van der Waals surface area (Å²) in [7, 11) is 0. The summed E-state index contributed by atoms with van der Waals surface area (Å²) in [5.74, 6) is 0.553. The number of H-pyrrole nitrogens is 1. The maximum absolute atomic E-state index is 11.4. The summed E-state index contributed by atoms with van der Waals surface area (Å²) in [4.78, 5) is 31.3. The van der Waals surface area contributed by atoms with Crippen molar-refractivity contribution >= 4 is 34.3 Å². The molecule has 1 aliphatic rings. The molecule has 0 atom stereocenters. The molecule has 1 aromatic heterocycles. The Balaban J connectivity index is 2.32. The largest absolute Gasteiger partial charge is 0.354 e. The molecule has 0 aliphatic carbocycles. The first kappa shape index (κ1) is 11.4. The van der Waals surface area contributed by atoms with Gasteiger partial charge < -0.3 is 15.2 Å². The number of aromatic nitrogens is 2. The number of nitrogens with one attached hydrogen (secondary N) is 2. The van der Waals surface area contributed by atoms with Crippen LogP contribution in [0.15, 0.2) is 11.1 Å². The number of aromatic amines is 1. The maximum atomic E-state index is 11.4. The third kappa shape index (κ3) is 2.34. The lowest BCUT2D eigenvalue weighted by atomic mass is 10.4. The fourth-order valence-electron chi connectivity index (χ4n) is 1.58. The fourth-order valence-corrected chi connectivity index (χ4v) is 2.22. The van der Waals surface area contributed by atoms with Crippen LogP contribution in [-0.2, 0) is 4.79 Å². The fraction of sp³-hybridized carbons (Fsp3) is 0.444. The smallest absolute Gasteiger partial charge is 0.266 e. The van der Waals surface area contributed by atoms with Crippen molar-refractivity contribution in [1.82, 2.24) is 15.3 Å². The van der Waals surface area contributed by atoms with Gasteiger partial charge in [-0.25, -0.2) is 4.98 Å². The molecule has 6 nitrogen and oxygen atoms in total. The van der Waals surface area contributed by atoms with Crippen LogP contribution in [0, 0.1) is 3.57 Å². The first-order valence-corrected chi connectivity index (χ1v) is 6.01. The molecule has 0 spiro atoms. The van der Waals surface area contributed by atoms with Gasteiger partial charge in [0, 0.05) is 13.1 Å². The Morgan fingerprint density at radius 1 is 1.44 bits per heavy atom. The molecule has 1 amide bonds. The third-order valence-corrected chi connectivity index (χ3v) is 3.31.